The third-order valence-corrected chi connectivity index (χ3v) is 3.73. The van der Waals surface area contributed by atoms with Crippen LogP contribution in [0.4, 0.5) is 17.2 Å². The summed E-state index contributed by atoms with van der Waals surface area (Å²) in [4.78, 5) is 9.22. The third-order valence-electron chi connectivity index (χ3n) is 3.73. The summed E-state index contributed by atoms with van der Waals surface area (Å²) < 4.78 is 0. The molecular formula is C16H20N4. The summed E-state index contributed by atoms with van der Waals surface area (Å²) in [6.07, 6.45) is 3.00. The highest BCUT2D eigenvalue weighted by Crippen LogP contribution is 2.19. The lowest BCUT2D eigenvalue weighted by Crippen LogP contribution is -2.31. The van der Waals surface area contributed by atoms with Gasteiger partial charge in [-0.2, -0.15) is 0 Å². The summed E-state index contributed by atoms with van der Waals surface area (Å²) in [5.41, 5.74) is 7.82. The van der Waals surface area contributed by atoms with Crippen LogP contribution in [0, 0.1) is 0 Å². The number of benzene rings is 1. The minimum absolute atomic E-state index is 0.818. The van der Waals surface area contributed by atoms with E-state index in [0.29, 0.717) is 0 Å². The molecule has 1 fully saturated rings. The molecule has 0 aliphatic carbocycles. The van der Waals surface area contributed by atoms with Crippen LogP contribution in [0.25, 0.3) is 0 Å². The summed E-state index contributed by atoms with van der Waals surface area (Å²) in [6, 6.07) is 14.2. The molecule has 104 valence electrons. The summed E-state index contributed by atoms with van der Waals surface area (Å²) in [5.74, 6) is 1.08. The number of rotatable bonds is 2. The van der Waals surface area contributed by atoms with Gasteiger partial charge in [0.2, 0.25) is 0 Å². The van der Waals surface area contributed by atoms with Crippen molar-refractivity contribution in [3.05, 3.63) is 48.7 Å². The van der Waals surface area contributed by atoms with Crippen LogP contribution in [-0.4, -0.2) is 31.2 Å². The lowest BCUT2D eigenvalue weighted by atomic mass is 10.2. The monoisotopic (exact) mass is 268 g/mol. The van der Waals surface area contributed by atoms with E-state index in [1.807, 2.05) is 30.5 Å². The van der Waals surface area contributed by atoms with Gasteiger partial charge < -0.3 is 15.5 Å². The highest BCUT2D eigenvalue weighted by atomic mass is 15.2. The van der Waals surface area contributed by atoms with Crippen molar-refractivity contribution < 1.29 is 0 Å². The van der Waals surface area contributed by atoms with Gasteiger partial charge >= 0.3 is 0 Å². The highest BCUT2D eigenvalue weighted by molar-refractivity contribution is 5.53. The Hall–Kier alpha value is -2.23. The molecule has 0 spiro atoms. The molecule has 1 aromatic heterocycles. The zero-order chi connectivity index (χ0) is 13.8. The Labute approximate surface area is 119 Å². The first-order valence-electron chi connectivity index (χ1n) is 7.09. The highest BCUT2D eigenvalue weighted by Gasteiger charge is 2.15. The minimum Gasteiger partial charge on any atom is -0.399 e. The first-order valence-corrected chi connectivity index (χ1v) is 7.09. The maximum absolute atomic E-state index is 5.75. The molecule has 4 nitrogen and oxygen atoms in total. The molecular weight excluding hydrogens is 248 g/mol. The largest absolute Gasteiger partial charge is 0.399 e. The smallest absolute Gasteiger partial charge is 0.128 e. The van der Waals surface area contributed by atoms with Gasteiger partial charge in [-0.05, 0) is 42.8 Å². The minimum atomic E-state index is 0.818. The van der Waals surface area contributed by atoms with Crippen molar-refractivity contribution in [2.75, 3.05) is 41.7 Å². The molecule has 1 aliphatic heterocycles. The third kappa shape index (κ3) is 2.85. The van der Waals surface area contributed by atoms with Crippen LogP contribution < -0.4 is 15.5 Å². The molecule has 4 heteroatoms. The van der Waals surface area contributed by atoms with Crippen molar-refractivity contribution in [2.45, 2.75) is 6.42 Å². The number of aromatic nitrogens is 1. The van der Waals surface area contributed by atoms with E-state index in [1.165, 1.54) is 5.69 Å². The zero-order valence-corrected chi connectivity index (χ0v) is 11.6. The molecule has 0 bridgehead atoms. The quantitative estimate of drug-likeness (QED) is 0.849. The molecule has 3 rings (SSSR count). The van der Waals surface area contributed by atoms with Crippen LogP contribution in [0.15, 0.2) is 48.7 Å². The van der Waals surface area contributed by atoms with Crippen LogP contribution in [0.1, 0.15) is 6.42 Å². The lowest BCUT2D eigenvalue weighted by Gasteiger charge is -2.24. The van der Waals surface area contributed by atoms with E-state index >= 15 is 0 Å². The van der Waals surface area contributed by atoms with Gasteiger partial charge in [0.1, 0.15) is 5.82 Å². The summed E-state index contributed by atoms with van der Waals surface area (Å²) in [7, 11) is 0. The predicted octanol–water partition coefficient (Wildman–Crippen LogP) is 2.38. The average Bonchev–Trinajstić information content (AvgIpc) is 2.75. The standard InChI is InChI=1S/C16H20N4/c17-14-5-7-15(8-6-14)19-10-3-11-20(13-12-19)16-4-1-2-9-18-16/h1-2,4-9H,3,10-13,17H2. The topological polar surface area (TPSA) is 45.4 Å². The normalized spacial score (nSPS) is 16.0. The summed E-state index contributed by atoms with van der Waals surface area (Å²) in [5, 5.41) is 0. The molecule has 0 saturated carbocycles. The molecule has 0 radical (unpaired) electrons. The molecule has 1 saturated heterocycles. The van der Waals surface area contributed by atoms with Crippen LogP contribution in [0.3, 0.4) is 0 Å². The Bertz CT molecular complexity index is 538. The SMILES string of the molecule is Nc1ccc(N2CCCN(c3ccccn3)CC2)cc1. The number of nitrogen functional groups attached to an aromatic ring is 1. The fourth-order valence-corrected chi connectivity index (χ4v) is 2.63. The Morgan fingerprint density at radius 2 is 1.60 bits per heavy atom. The van der Waals surface area contributed by atoms with E-state index in [-0.39, 0.29) is 0 Å². The van der Waals surface area contributed by atoms with Crippen molar-refractivity contribution in [1.29, 1.82) is 0 Å². The van der Waals surface area contributed by atoms with E-state index in [9.17, 15) is 0 Å². The summed E-state index contributed by atoms with van der Waals surface area (Å²) in [6.45, 7) is 4.15. The predicted molar refractivity (Wildman–Crippen MR) is 84.1 cm³/mol. The first kappa shape index (κ1) is 12.8. The molecule has 20 heavy (non-hydrogen) atoms. The van der Waals surface area contributed by atoms with E-state index in [1.54, 1.807) is 0 Å². The van der Waals surface area contributed by atoms with Gasteiger partial charge in [-0.3, -0.25) is 0 Å². The number of nitrogens with zero attached hydrogens (tertiary/aromatic N) is 3. The van der Waals surface area contributed by atoms with Crippen LogP contribution in [0.2, 0.25) is 0 Å². The van der Waals surface area contributed by atoms with E-state index in [0.717, 1.165) is 44.1 Å². The van der Waals surface area contributed by atoms with Crippen molar-refractivity contribution in [3.63, 3.8) is 0 Å². The van der Waals surface area contributed by atoms with Crippen molar-refractivity contribution in [2.24, 2.45) is 0 Å². The van der Waals surface area contributed by atoms with E-state index in [4.69, 9.17) is 5.73 Å². The number of nitrogens with two attached hydrogens (primary N) is 1. The van der Waals surface area contributed by atoms with Gasteiger partial charge in [0.15, 0.2) is 0 Å². The fourth-order valence-electron chi connectivity index (χ4n) is 2.63. The van der Waals surface area contributed by atoms with Crippen molar-refractivity contribution >= 4 is 17.2 Å². The number of pyridine rings is 1. The molecule has 1 aliphatic rings. The van der Waals surface area contributed by atoms with Crippen LogP contribution in [-0.2, 0) is 0 Å². The summed E-state index contributed by atoms with van der Waals surface area (Å²) >= 11 is 0. The second-order valence-electron chi connectivity index (χ2n) is 5.11. The van der Waals surface area contributed by atoms with Crippen molar-refractivity contribution in [3.8, 4) is 0 Å². The molecule has 2 heterocycles. The molecule has 0 atom stereocenters. The van der Waals surface area contributed by atoms with Crippen molar-refractivity contribution in [1.82, 2.24) is 4.98 Å². The Morgan fingerprint density at radius 3 is 2.35 bits per heavy atom. The van der Waals surface area contributed by atoms with Crippen LogP contribution >= 0.6 is 0 Å². The molecule has 0 amide bonds. The lowest BCUT2D eigenvalue weighted by molar-refractivity contribution is 0.798. The fraction of sp³-hybridized carbons (Fsp3) is 0.312. The number of hydrogen-bond acceptors (Lipinski definition) is 4. The van der Waals surface area contributed by atoms with Gasteiger partial charge in [0, 0.05) is 43.8 Å². The Morgan fingerprint density at radius 1 is 0.850 bits per heavy atom. The molecule has 1 aromatic carbocycles. The molecule has 2 N–H and O–H groups in total. The number of hydrogen-bond donors (Lipinski definition) is 1. The van der Waals surface area contributed by atoms with Gasteiger partial charge in [-0.1, -0.05) is 6.07 Å². The van der Waals surface area contributed by atoms with Gasteiger partial charge in [-0.15, -0.1) is 0 Å². The van der Waals surface area contributed by atoms with Gasteiger partial charge in [0.05, 0.1) is 0 Å². The maximum atomic E-state index is 5.75. The van der Waals surface area contributed by atoms with E-state index < -0.39 is 0 Å². The average molecular weight is 268 g/mol. The second kappa shape index (κ2) is 5.82. The van der Waals surface area contributed by atoms with Gasteiger partial charge in [-0.25, -0.2) is 4.98 Å². The maximum Gasteiger partial charge on any atom is 0.128 e. The molecule has 0 unspecified atom stereocenters. The van der Waals surface area contributed by atoms with Crippen LogP contribution in [0.5, 0.6) is 0 Å². The molecule has 2 aromatic rings. The van der Waals surface area contributed by atoms with E-state index in [2.05, 4.69) is 33.0 Å². The first-order chi connectivity index (χ1) is 9.83. The zero-order valence-electron chi connectivity index (χ0n) is 11.6. The number of anilines is 3. The Kier molecular flexibility index (Phi) is 3.72. The second-order valence-corrected chi connectivity index (χ2v) is 5.11. The Balaban J connectivity index is 1.69. The van der Waals surface area contributed by atoms with Gasteiger partial charge in [0.25, 0.3) is 0 Å².